The van der Waals surface area contributed by atoms with Crippen LogP contribution in [0.5, 0.6) is 11.5 Å². The number of nitrogens with zero attached hydrogens (tertiary/aromatic N) is 5. The normalized spacial score (nSPS) is 21.8. The molecule has 2 amide bonds. The predicted molar refractivity (Wildman–Crippen MR) is 163 cm³/mol. The maximum atomic E-state index is 14.3. The summed E-state index contributed by atoms with van der Waals surface area (Å²) in [5, 5.41) is 2.95. The molecule has 2 saturated heterocycles. The third kappa shape index (κ3) is 7.20. The maximum Gasteiger partial charge on any atom is 0.407 e. The topological polar surface area (TPSA) is 100 Å². The molecule has 0 bridgehead atoms. The van der Waals surface area contributed by atoms with Crippen LogP contribution in [-0.4, -0.2) is 79.3 Å². The molecule has 234 valence electrons. The summed E-state index contributed by atoms with van der Waals surface area (Å²) in [7, 11) is 1.41. The molecule has 3 aliphatic rings. The standard InChI is InChI=1S/C32H45FN6O4/c1-5-39(30(40)22(2)3)26-16-24(33)8-11-27(26)43-28-17-34-21-35-29(28)38-19-32(20-38)12-14-37(15-13-32)18-23-6-9-25(10-7-23)36-31(41)42-4/h8,11,16-17,21-23,25H,5-7,9-10,12-15,18-20H2,1-4H3,(H,36,41)/t23-,25-. The molecule has 0 radical (unpaired) electrons. The molecule has 1 aromatic carbocycles. The number of benzene rings is 1. The number of hydrogen-bond donors (Lipinski definition) is 1. The molecule has 2 aromatic rings. The Hall–Kier alpha value is -3.47. The highest BCUT2D eigenvalue weighted by atomic mass is 19.1. The SMILES string of the molecule is CCN(C(=O)C(C)C)c1cc(F)ccc1Oc1cncnc1N1CC2(CCN(C[C@H]3CC[C@H](NC(=O)OC)CC3)CC2)C1. The number of ether oxygens (including phenoxy) is 2. The first kappa shape index (κ1) is 31.0. The number of piperidine rings is 1. The molecule has 1 spiro atoms. The van der Waals surface area contributed by atoms with Crippen molar-refractivity contribution in [3.8, 4) is 11.5 Å². The van der Waals surface area contributed by atoms with E-state index in [1.165, 1.54) is 25.6 Å². The Balaban J connectivity index is 1.17. The minimum Gasteiger partial charge on any atom is -0.453 e. The van der Waals surface area contributed by atoms with Crippen LogP contribution in [0.2, 0.25) is 0 Å². The highest BCUT2D eigenvalue weighted by Gasteiger charge is 2.46. The molecule has 2 aliphatic heterocycles. The van der Waals surface area contributed by atoms with Crippen molar-refractivity contribution < 1.29 is 23.5 Å². The summed E-state index contributed by atoms with van der Waals surface area (Å²) in [5.41, 5.74) is 0.668. The molecule has 1 aliphatic carbocycles. The van der Waals surface area contributed by atoms with Gasteiger partial charge in [0, 0.05) is 49.6 Å². The highest BCUT2D eigenvalue weighted by molar-refractivity contribution is 5.96. The molecular formula is C32H45FN6O4. The largest absolute Gasteiger partial charge is 0.453 e. The van der Waals surface area contributed by atoms with Crippen LogP contribution in [0.4, 0.5) is 20.7 Å². The molecule has 11 heteroatoms. The molecular weight excluding hydrogens is 551 g/mol. The average Bonchev–Trinajstić information content (AvgIpc) is 2.99. The van der Waals surface area contributed by atoms with Crippen LogP contribution in [0.25, 0.3) is 0 Å². The zero-order chi connectivity index (χ0) is 30.6. The molecule has 1 saturated carbocycles. The number of rotatable bonds is 9. The van der Waals surface area contributed by atoms with Crippen molar-refractivity contribution in [1.82, 2.24) is 20.2 Å². The Labute approximate surface area is 253 Å². The second-order valence-corrected chi connectivity index (χ2v) is 12.7. The number of carbonyl (C=O) groups is 2. The third-order valence-corrected chi connectivity index (χ3v) is 9.31. The van der Waals surface area contributed by atoms with Crippen LogP contribution in [0.3, 0.4) is 0 Å². The summed E-state index contributed by atoms with van der Waals surface area (Å²) in [6, 6.07) is 4.48. The van der Waals surface area contributed by atoms with Crippen LogP contribution in [0.15, 0.2) is 30.7 Å². The van der Waals surface area contributed by atoms with E-state index in [1.54, 1.807) is 17.2 Å². The van der Waals surface area contributed by atoms with Crippen molar-refractivity contribution in [2.75, 3.05) is 56.2 Å². The first-order valence-corrected chi connectivity index (χ1v) is 15.6. The Kier molecular flexibility index (Phi) is 9.68. The fourth-order valence-corrected chi connectivity index (χ4v) is 6.80. The lowest BCUT2D eigenvalue weighted by Gasteiger charge is -2.54. The monoisotopic (exact) mass is 596 g/mol. The number of aromatic nitrogens is 2. The molecule has 3 heterocycles. The molecule has 0 unspecified atom stereocenters. The van der Waals surface area contributed by atoms with Gasteiger partial charge in [-0.25, -0.2) is 19.2 Å². The Morgan fingerprint density at radius 2 is 1.86 bits per heavy atom. The molecule has 1 N–H and O–H groups in total. The van der Waals surface area contributed by atoms with Gasteiger partial charge in [0.1, 0.15) is 12.1 Å². The third-order valence-electron chi connectivity index (χ3n) is 9.31. The lowest BCUT2D eigenvalue weighted by Crippen LogP contribution is -2.61. The highest BCUT2D eigenvalue weighted by Crippen LogP contribution is 2.45. The molecule has 5 rings (SSSR count). The van der Waals surface area contributed by atoms with Gasteiger partial charge in [-0.15, -0.1) is 0 Å². The summed E-state index contributed by atoms with van der Waals surface area (Å²) >= 11 is 0. The van der Waals surface area contributed by atoms with Gasteiger partial charge in [-0.1, -0.05) is 13.8 Å². The van der Waals surface area contributed by atoms with Gasteiger partial charge in [0.25, 0.3) is 0 Å². The first-order valence-electron chi connectivity index (χ1n) is 15.6. The van der Waals surface area contributed by atoms with Crippen molar-refractivity contribution in [3.05, 3.63) is 36.5 Å². The minimum absolute atomic E-state index is 0.0956. The number of hydrogen-bond acceptors (Lipinski definition) is 8. The predicted octanol–water partition coefficient (Wildman–Crippen LogP) is 5.23. The number of nitrogens with one attached hydrogen (secondary N) is 1. The van der Waals surface area contributed by atoms with Crippen molar-refractivity contribution in [3.63, 3.8) is 0 Å². The number of anilines is 2. The summed E-state index contributed by atoms with van der Waals surface area (Å²) in [6.07, 6.45) is 9.43. The smallest absolute Gasteiger partial charge is 0.407 e. The van der Waals surface area contributed by atoms with E-state index >= 15 is 0 Å². The van der Waals surface area contributed by atoms with Crippen LogP contribution < -0.4 is 19.9 Å². The van der Waals surface area contributed by atoms with E-state index in [2.05, 4.69) is 25.1 Å². The Morgan fingerprint density at radius 3 is 2.51 bits per heavy atom. The van der Waals surface area contributed by atoms with Crippen molar-refractivity contribution in [1.29, 1.82) is 0 Å². The summed E-state index contributed by atoms with van der Waals surface area (Å²) in [5.74, 6) is 1.52. The number of methoxy groups -OCH3 is 1. The molecule has 1 aromatic heterocycles. The van der Waals surface area contributed by atoms with E-state index in [4.69, 9.17) is 9.47 Å². The van der Waals surface area contributed by atoms with Crippen LogP contribution in [0, 0.1) is 23.1 Å². The van der Waals surface area contributed by atoms with Gasteiger partial charge in [-0.2, -0.15) is 0 Å². The molecule has 3 fully saturated rings. The number of amides is 2. The second-order valence-electron chi connectivity index (χ2n) is 12.7. The van der Waals surface area contributed by atoms with Gasteiger partial charge in [-0.05, 0) is 76.6 Å². The van der Waals surface area contributed by atoms with Crippen LogP contribution >= 0.6 is 0 Å². The van der Waals surface area contributed by atoms with Gasteiger partial charge >= 0.3 is 6.09 Å². The van der Waals surface area contributed by atoms with E-state index in [0.29, 0.717) is 35.5 Å². The van der Waals surface area contributed by atoms with Gasteiger partial charge in [0.15, 0.2) is 17.3 Å². The van der Waals surface area contributed by atoms with E-state index in [9.17, 15) is 14.0 Å². The first-order chi connectivity index (χ1) is 20.7. The zero-order valence-corrected chi connectivity index (χ0v) is 25.9. The fraction of sp³-hybridized carbons (Fsp3) is 0.625. The van der Waals surface area contributed by atoms with Gasteiger partial charge in [-0.3, -0.25) is 4.79 Å². The summed E-state index contributed by atoms with van der Waals surface area (Å²) < 4.78 is 25.4. The Morgan fingerprint density at radius 1 is 1.14 bits per heavy atom. The molecule has 0 atom stereocenters. The fourth-order valence-electron chi connectivity index (χ4n) is 6.80. The minimum atomic E-state index is -0.429. The summed E-state index contributed by atoms with van der Waals surface area (Å²) in [6.45, 7) is 11.0. The number of alkyl carbamates (subject to hydrolysis) is 1. The van der Waals surface area contributed by atoms with Gasteiger partial charge in [0.05, 0.1) is 19.0 Å². The van der Waals surface area contributed by atoms with E-state index in [1.807, 2.05) is 20.8 Å². The average molecular weight is 597 g/mol. The zero-order valence-electron chi connectivity index (χ0n) is 25.9. The number of carbonyl (C=O) groups excluding carboxylic acids is 2. The van der Waals surface area contributed by atoms with Gasteiger partial charge < -0.3 is 29.5 Å². The second kappa shape index (κ2) is 13.4. The van der Waals surface area contributed by atoms with Crippen molar-refractivity contribution in [2.24, 2.45) is 17.3 Å². The number of likely N-dealkylation sites (tertiary alicyclic amines) is 1. The number of halogens is 1. The van der Waals surface area contributed by atoms with Crippen LogP contribution in [-0.2, 0) is 9.53 Å². The summed E-state index contributed by atoms with van der Waals surface area (Å²) in [4.78, 5) is 39.6. The lowest BCUT2D eigenvalue weighted by atomic mass is 9.71. The molecule has 10 nitrogen and oxygen atoms in total. The van der Waals surface area contributed by atoms with Crippen molar-refractivity contribution in [2.45, 2.75) is 65.3 Å². The van der Waals surface area contributed by atoms with Crippen LogP contribution in [0.1, 0.15) is 59.3 Å². The maximum absolute atomic E-state index is 14.3. The van der Waals surface area contributed by atoms with Gasteiger partial charge in [0.2, 0.25) is 5.91 Å². The van der Waals surface area contributed by atoms with E-state index < -0.39 is 5.82 Å². The molecule has 43 heavy (non-hydrogen) atoms. The Bertz CT molecular complexity index is 1270. The van der Waals surface area contributed by atoms with Crippen molar-refractivity contribution >= 4 is 23.5 Å². The van der Waals surface area contributed by atoms with E-state index in [-0.39, 0.29) is 29.4 Å². The lowest BCUT2D eigenvalue weighted by molar-refractivity contribution is -0.121. The quantitative estimate of drug-likeness (QED) is 0.420. The van der Waals surface area contributed by atoms with E-state index in [0.717, 1.165) is 71.2 Å².